The van der Waals surface area contributed by atoms with E-state index in [0.29, 0.717) is 30.4 Å². The molecule has 1 unspecified atom stereocenters. The van der Waals surface area contributed by atoms with Gasteiger partial charge in [0.05, 0.1) is 18.7 Å². The number of hydrogen-bond donors (Lipinski definition) is 1. The number of aryl methyl sites for hydroxylation is 1. The van der Waals surface area contributed by atoms with E-state index in [1.807, 2.05) is 30.3 Å². The van der Waals surface area contributed by atoms with Crippen LogP contribution in [0.1, 0.15) is 17.9 Å². The third kappa shape index (κ3) is 3.00. The van der Waals surface area contributed by atoms with Crippen LogP contribution in [0.5, 0.6) is 0 Å². The van der Waals surface area contributed by atoms with Crippen molar-refractivity contribution in [1.82, 2.24) is 10.3 Å². The third-order valence-electron chi connectivity index (χ3n) is 3.51. The molecule has 2 heterocycles. The monoisotopic (exact) mass is 300 g/mol. The summed E-state index contributed by atoms with van der Waals surface area (Å²) >= 11 is 0. The van der Waals surface area contributed by atoms with Crippen LogP contribution in [0.25, 0.3) is 11.5 Å². The number of ether oxygens (including phenoxy) is 1. The van der Waals surface area contributed by atoms with Gasteiger partial charge in [0.1, 0.15) is 11.8 Å². The van der Waals surface area contributed by atoms with E-state index >= 15 is 0 Å². The van der Waals surface area contributed by atoms with Crippen LogP contribution >= 0.6 is 0 Å². The molecule has 0 saturated carbocycles. The fourth-order valence-electron chi connectivity index (χ4n) is 2.31. The standard InChI is InChI=1S/C16H16N2O4/c1-10-13(9-14(19)18-12-7-8-21-16(12)20)22-15(17-10)11-5-3-2-4-6-11/h2-6,12H,7-9H2,1H3,(H,18,19). The van der Waals surface area contributed by atoms with Crippen molar-refractivity contribution in [2.24, 2.45) is 0 Å². The van der Waals surface area contributed by atoms with Crippen LogP contribution in [0.3, 0.4) is 0 Å². The van der Waals surface area contributed by atoms with Gasteiger partial charge in [-0.3, -0.25) is 4.79 Å². The number of rotatable bonds is 4. The van der Waals surface area contributed by atoms with Crippen molar-refractivity contribution in [1.29, 1.82) is 0 Å². The molecule has 114 valence electrons. The van der Waals surface area contributed by atoms with Gasteiger partial charge in [-0.25, -0.2) is 9.78 Å². The van der Waals surface area contributed by atoms with E-state index in [1.54, 1.807) is 6.92 Å². The van der Waals surface area contributed by atoms with Gasteiger partial charge >= 0.3 is 5.97 Å². The van der Waals surface area contributed by atoms with Gasteiger partial charge in [-0.15, -0.1) is 0 Å². The first-order valence-corrected chi connectivity index (χ1v) is 7.11. The van der Waals surface area contributed by atoms with Crippen molar-refractivity contribution in [3.63, 3.8) is 0 Å². The molecule has 1 N–H and O–H groups in total. The zero-order valence-corrected chi connectivity index (χ0v) is 12.2. The number of carbonyl (C=O) groups excluding carboxylic acids is 2. The molecule has 6 heteroatoms. The first-order valence-electron chi connectivity index (χ1n) is 7.11. The van der Waals surface area contributed by atoms with E-state index in [-0.39, 0.29) is 18.3 Å². The molecular weight excluding hydrogens is 284 g/mol. The number of nitrogens with zero attached hydrogens (tertiary/aromatic N) is 1. The number of hydrogen-bond acceptors (Lipinski definition) is 5. The molecule has 0 radical (unpaired) electrons. The van der Waals surface area contributed by atoms with Gasteiger partial charge in [-0.1, -0.05) is 18.2 Å². The molecule has 1 aliphatic rings. The molecule has 22 heavy (non-hydrogen) atoms. The summed E-state index contributed by atoms with van der Waals surface area (Å²) in [4.78, 5) is 27.7. The second-order valence-electron chi connectivity index (χ2n) is 5.15. The summed E-state index contributed by atoms with van der Waals surface area (Å²) in [5.74, 6) is 0.333. The SMILES string of the molecule is Cc1nc(-c2ccccc2)oc1CC(=O)NC1CCOC1=O. The van der Waals surface area contributed by atoms with Crippen molar-refractivity contribution >= 4 is 11.9 Å². The van der Waals surface area contributed by atoms with Crippen LogP contribution in [0.2, 0.25) is 0 Å². The molecule has 1 amide bonds. The van der Waals surface area contributed by atoms with Crippen LogP contribution in [-0.2, 0) is 20.7 Å². The summed E-state index contributed by atoms with van der Waals surface area (Å²) in [6.45, 7) is 2.14. The summed E-state index contributed by atoms with van der Waals surface area (Å²) in [6.07, 6.45) is 0.560. The minimum atomic E-state index is -0.552. The van der Waals surface area contributed by atoms with Crippen LogP contribution < -0.4 is 5.32 Å². The van der Waals surface area contributed by atoms with Gasteiger partial charge in [0.15, 0.2) is 0 Å². The molecule has 3 rings (SSSR count). The molecule has 0 spiro atoms. The zero-order chi connectivity index (χ0) is 15.5. The van der Waals surface area contributed by atoms with Crippen molar-refractivity contribution in [3.8, 4) is 11.5 Å². The second-order valence-corrected chi connectivity index (χ2v) is 5.15. The minimum Gasteiger partial charge on any atom is -0.464 e. The van der Waals surface area contributed by atoms with Gasteiger partial charge in [0.2, 0.25) is 11.8 Å². The van der Waals surface area contributed by atoms with Crippen molar-refractivity contribution in [2.45, 2.75) is 25.8 Å². The molecule has 1 aliphatic heterocycles. The van der Waals surface area contributed by atoms with Crippen LogP contribution in [0.4, 0.5) is 0 Å². The fourth-order valence-corrected chi connectivity index (χ4v) is 2.31. The number of oxazole rings is 1. The molecule has 6 nitrogen and oxygen atoms in total. The van der Waals surface area contributed by atoms with Gasteiger partial charge < -0.3 is 14.5 Å². The summed E-state index contributed by atoms with van der Waals surface area (Å²) in [6, 6.07) is 8.94. The highest BCUT2D eigenvalue weighted by atomic mass is 16.5. The molecule has 1 fully saturated rings. The van der Waals surface area contributed by atoms with Crippen LogP contribution in [-0.4, -0.2) is 29.5 Å². The largest absolute Gasteiger partial charge is 0.464 e. The molecule has 1 aromatic carbocycles. The quantitative estimate of drug-likeness (QED) is 0.868. The van der Waals surface area contributed by atoms with Gasteiger partial charge in [0, 0.05) is 12.0 Å². The maximum atomic E-state index is 12.0. The Labute approximate surface area is 127 Å². The number of esters is 1. The lowest BCUT2D eigenvalue weighted by Crippen LogP contribution is -2.38. The van der Waals surface area contributed by atoms with Crippen LogP contribution in [0, 0.1) is 6.92 Å². The Morgan fingerprint density at radius 2 is 2.14 bits per heavy atom. The third-order valence-corrected chi connectivity index (χ3v) is 3.51. The molecular formula is C16H16N2O4. The normalized spacial score (nSPS) is 17.3. The highest BCUT2D eigenvalue weighted by Crippen LogP contribution is 2.21. The van der Waals surface area contributed by atoms with Crippen molar-refractivity contribution in [2.75, 3.05) is 6.61 Å². The first-order chi connectivity index (χ1) is 10.6. The Morgan fingerprint density at radius 3 is 2.82 bits per heavy atom. The molecule has 2 aromatic rings. The maximum Gasteiger partial charge on any atom is 0.328 e. The Hall–Kier alpha value is -2.63. The fraction of sp³-hybridized carbons (Fsp3) is 0.312. The first kappa shape index (κ1) is 14.3. The lowest BCUT2D eigenvalue weighted by Gasteiger charge is -2.07. The van der Waals surface area contributed by atoms with E-state index in [4.69, 9.17) is 9.15 Å². The summed E-state index contributed by atoms with van der Waals surface area (Å²) in [5.41, 5.74) is 1.53. The maximum absolute atomic E-state index is 12.0. The van der Waals surface area contributed by atoms with E-state index in [9.17, 15) is 9.59 Å². The number of amides is 1. The van der Waals surface area contributed by atoms with Gasteiger partial charge in [-0.2, -0.15) is 0 Å². The molecule has 1 saturated heterocycles. The summed E-state index contributed by atoms with van der Waals surface area (Å²) < 4.78 is 10.5. The topological polar surface area (TPSA) is 81.4 Å². The predicted octanol–water partition coefficient (Wildman–Crippen LogP) is 1.62. The van der Waals surface area contributed by atoms with Crippen molar-refractivity contribution < 1.29 is 18.7 Å². The number of carbonyl (C=O) groups is 2. The molecule has 1 aromatic heterocycles. The lowest BCUT2D eigenvalue weighted by molar-refractivity contribution is -0.141. The van der Waals surface area contributed by atoms with E-state index in [0.717, 1.165) is 5.56 Å². The van der Waals surface area contributed by atoms with E-state index in [1.165, 1.54) is 0 Å². The van der Waals surface area contributed by atoms with Gasteiger partial charge in [0.25, 0.3) is 0 Å². The molecule has 0 bridgehead atoms. The summed E-state index contributed by atoms with van der Waals surface area (Å²) in [7, 11) is 0. The Bertz CT molecular complexity index is 693. The van der Waals surface area contributed by atoms with Gasteiger partial charge in [-0.05, 0) is 19.1 Å². The number of cyclic esters (lactones) is 1. The van der Waals surface area contributed by atoms with E-state index < -0.39 is 6.04 Å². The Balaban J connectivity index is 1.69. The number of nitrogens with one attached hydrogen (secondary N) is 1. The minimum absolute atomic E-state index is 0.0510. The zero-order valence-electron chi connectivity index (χ0n) is 12.2. The van der Waals surface area contributed by atoms with Crippen molar-refractivity contribution in [3.05, 3.63) is 41.8 Å². The Morgan fingerprint density at radius 1 is 1.36 bits per heavy atom. The molecule has 1 atom stereocenters. The van der Waals surface area contributed by atoms with E-state index in [2.05, 4.69) is 10.3 Å². The predicted molar refractivity (Wildman–Crippen MR) is 77.9 cm³/mol. The molecule has 0 aliphatic carbocycles. The highest BCUT2D eigenvalue weighted by Gasteiger charge is 2.28. The summed E-state index contributed by atoms with van der Waals surface area (Å²) in [5, 5.41) is 2.65. The average Bonchev–Trinajstić information content (AvgIpc) is 3.07. The number of aromatic nitrogens is 1. The Kier molecular flexibility index (Phi) is 3.91. The highest BCUT2D eigenvalue weighted by molar-refractivity contribution is 5.86. The number of benzene rings is 1. The average molecular weight is 300 g/mol. The second kappa shape index (κ2) is 6.01. The lowest BCUT2D eigenvalue weighted by atomic mass is 10.2. The van der Waals surface area contributed by atoms with Crippen LogP contribution in [0.15, 0.2) is 34.7 Å². The smallest absolute Gasteiger partial charge is 0.328 e.